The van der Waals surface area contributed by atoms with Crippen molar-refractivity contribution in [2.75, 3.05) is 0 Å². The van der Waals surface area contributed by atoms with Gasteiger partial charge in [-0.15, -0.1) is 6.32 Å². The van der Waals surface area contributed by atoms with Gasteiger partial charge in [0.2, 0.25) is 0 Å². The molecule has 0 saturated heterocycles. The number of hydrogen-bond donors (Lipinski definition) is 0. The van der Waals surface area contributed by atoms with Gasteiger partial charge in [0, 0.05) is 32.7 Å². The fourth-order valence-electron chi connectivity index (χ4n) is 0.913. The Balaban J connectivity index is 0. The predicted octanol–water partition coefficient (Wildman–Crippen LogP) is 2.59. The third-order valence-corrected chi connectivity index (χ3v) is 1.48. The van der Waals surface area contributed by atoms with Gasteiger partial charge in [-0.3, -0.25) is 0 Å². The van der Waals surface area contributed by atoms with Crippen LogP contribution in [0, 0.1) is 14.2 Å². The zero-order valence-electron chi connectivity index (χ0n) is 7.66. The third-order valence-electron chi connectivity index (χ3n) is 1.48. The normalized spacial score (nSPS) is 7.75. The Hall–Kier alpha value is 0.389. The molecule has 0 aliphatic rings. The van der Waals surface area contributed by atoms with Crippen LogP contribution in [0.3, 0.4) is 0 Å². The first-order valence-corrected chi connectivity index (χ1v) is 3.58. The number of benzene rings is 1. The molecular weight excluding hydrogens is 220 g/mol. The average Bonchev–Trinajstić information content (AvgIpc) is 2.03. The average molecular weight is 234 g/mol. The van der Waals surface area contributed by atoms with Crippen LogP contribution in [0.15, 0.2) is 30.3 Å². The molecule has 0 amide bonds. The van der Waals surface area contributed by atoms with Gasteiger partial charge in [-0.25, -0.2) is 0 Å². The van der Waals surface area contributed by atoms with Gasteiger partial charge < -0.3 is 14.2 Å². The molecule has 0 N–H and O–H groups in total. The largest absolute Gasteiger partial charge is 0.373 e. The smallest absolute Gasteiger partial charge is 0 e. The standard InChI is InChI=1S/C9H11B.CH3.Y/c1-10-8-7-9-5-3-2-4-6-9;;/h2-6H,1,7-8H2;1H3;/q2*-1;. The molecule has 0 aliphatic heterocycles. The van der Waals surface area contributed by atoms with E-state index in [-0.39, 0.29) is 40.1 Å². The van der Waals surface area contributed by atoms with Crippen molar-refractivity contribution in [3.63, 3.8) is 0 Å². The monoisotopic (exact) mass is 234 g/mol. The second-order valence-corrected chi connectivity index (χ2v) is 2.31. The van der Waals surface area contributed by atoms with Crippen LogP contribution in [0.1, 0.15) is 5.56 Å². The zero-order chi connectivity index (χ0) is 7.23. The first-order valence-electron chi connectivity index (χ1n) is 3.58. The van der Waals surface area contributed by atoms with Gasteiger partial charge in [0.1, 0.15) is 0 Å². The molecule has 0 spiro atoms. The summed E-state index contributed by atoms with van der Waals surface area (Å²) in [5.41, 5.74) is 1.39. The quantitative estimate of drug-likeness (QED) is 0.556. The molecule has 62 valence electrons. The summed E-state index contributed by atoms with van der Waals surface area (Å²) >= 11 is 0. The van der Waals surface area contributed by atoms with Crippen LogP contribution >= 0.6 is 0 Å². The topological polar surface area (TPSA) is 0 Å². The molecule has 1 rings (SSSR count). The molecule has 2 heteroatoms. The van der Waals surface area contributed by atoms with Gasteiger partial charge in [-0.1, -0.05) is 37.6 Å². The molecule has 2 radical (unpaired) electrons. The van der Waals surface area contributed by atoms with Crippen molar-refractivity contribution < 1.29 is 32.7 Å². The third kappa shape index (κ3) is 5.97. The molecular formula is C10H14BY-2. The first-order chi connectivity index (χ1) is 4.93. The van der Waals surface area contributed by atoms with Crippen molar-refractivity contribution in [1.82, 2.24) is 0 Å². The van der Waals surface area contributed by atoms with E-state index in [1.807, 2.05) is 13.3 Å². The van der Waals surface area contributed by atoms with Crippen molar-refractivity contribution in [3.8, 4) is 0 Å². The second kappa shape index (κ2) is 9.48. The van der Waals surface area contributed by atoms with E-state index < -0.39 is 0 Å². The van der Waals surface area contributed by atoms with Crippen molar-refractivity contribution >= 4 is 7.28 Å². The molecule has 0 aliphatic carbocycles. The van der Waals surface area contributed by atoms with Crippen LogP contribution < -0.4 is 0 Å². The molecule has 0 fully saturated rings. The number of hydrogen-bond acceptors (Lipinski definition) is 0. The van der Waals surface area contributed by atoms with Crippen LogP contribution in [0.4, 0.5) is 0 Å². The molecule has 0 unspecified atom stereocenters. The SMILES string of the molecule is [CH2-][B]CCc1ccccc1.[CH3-].[Y]. The minimum atomic E-state index is 0. The van der Waals surface area contributed by atoms with Crippen LogP contribution in [0.25, 0.3) is 0 Å². The van der Waals surface area contributed by atoms with E-state index >= 15 is 0 Å². The molecule has 0 saturated carbocycles. The maximum Gasteiger partial charge on any atom is 0 e. The Morgan fingerprint density at radius 2 is 1.75 bits per heavy atom. The Morgan fingerprint density at radius 3 is 2.25 bits per heavy atom. The van der Waals surface area contributed by atoms with Crippen molar-refractivity contribution in [2.24, 2.45) is 0 Å². The molecule has 0 heterocycles. The molecule has 0 aromatic heterocycles. The van der Waals surface area contributed by atoms with Crippen LogP contribution in [0.2, 0.25) is 6.32 Å². The Bertz CT molecular complexity index is 174. The Morgan fingerprint density at radius 1 is 1.17 bits per heavy atom. The summed E-state index contributed by atoms with van der Waals surface area (Å²) in [7, 11) is 1.95. The van der Waals surface area contributed by atoms with Crippen LogP contribution in [0.5, 0.6) is 0 Å². The van der Waals surface area contributed by atoms with Crippen molar-refractivity contribution in [2.45, 2.75) is 12.7 Å². The molecule has 1 aromatic carbocycles. The summed E-state index contributed by atoms with van der Waals surface area (Å²) < 4.78 is 0. The fourth-order valence-corrected chi connectivity index (χ4v) is 0.913. The summed E-state index contributed by atoms with van der Waals surface area (Å²) in [6.07, 6.45) is 2.19. The van der Waals surface area contributed by atoms with Crippen LogP contribution in [-0.4, -0.2) is 7.28 Å². The van der Waals surface area contributed by atoms with E-state index in [1.54, 1.807) is 0 Å². The minimum absolute atomic E-state index is 0. The molecule has 0 atom stereocenters. The Kier molecular flexibility index (Phi) is 11.8. The minimum Gasteiger partial charge on any atom is -0.373 e. The van der Waals surface area contributed by atoms with Crippen LogP contribution in [-0.2, 0) is 39.1 Å². The Labute approximate surface area is 102 Å². The summed E-state index contributed by atoms with van der Waals surface area (Å²) in [4.78, 5) is 0. The first kappa shape index (κ1) is 14.9. The van der Waals surface area contributed by atoms with Crippen molar-refractivity contribution in [1.29, 1.82) is 0 Å². The van der Waals surface area contributed by atoms with Gasteiger partial charge in [-0.2, -0.15) is 0 Å². The molecule has 0 bridgehead atoms. The van der Waals surface area contributed by atoms with E-state index in [0.717, 1.165) is 12.7 Å². The number of aryl methyl sites for hydroxylation is 1. The fraction of sp³-hybridized carbons (Fsp3) is 0.200. The van der Waals surface area contributed by atoms with Gasteiger partial charge >= 0.3 is 0 Å². The second-order valence-electron chi connectivity index (χ2n) is 2.31. The van der Waals surface area contributed by atoms with Gasteiger partial charge in [-0.05, 0) is 12.0 Å². The predicted molar refractivity (Wildman–Crippen MR) is 52.5 cm³/mol. The van der Waals surface area contributed by atoms with E-state index in [9.17, 15) is 0 Å². The molecule has 1 aromatic rings. The van der Waals surface area contributed by atoms with Gasteiger partial charge in [0.25, 0.3) is 0 Å². The van der Waals surface area contributed by atoms with Crippen molar-refractivity contribution in [3.05, 3.63) is 50.1 Å². The molecule has 0 nitrogen and oxygen atoms in total. The number of rotatable bonds is 3. The maximum atomic E-state index is 3.68. The zero-order valence-corrected chi connectivity index (χ0v) is 10.5. The maximum absolute atomic E-state index is 3.68. The molecule has 12 heavy (non-hydrogen) atoms. The summed E-state index contributed by atoms with van der Waals surface area (Å²) in [5.74, 6) is 0. The van der Waals surface area contributed by atoms with Gasteiger partial charge in [0.05, 0.1) is 0 Å². The summed E-state index contributed by atoms with van der Waals surface area (Å²) in [6, 6.07) is 10.5. The summed E-state index contributed by atoms with van der Waals surface area (Å²) in [5, 5.41) is 0. The van der Waals surface area contributed by atoms with Gasteiger partial charge in [0.15, 0.2) is 0 Å². The van der Waals surface area contributed by atoms with E-state index in [0.29, 0.717) is 0 Å². The van der Waals surface area contributed by atoms with E-state index in [1.165, 1.54) is 5.56 Å². The summed E-state index contributed by atoms with van der Waals surface area (Å²) in [6.45, 7) is 3.68. The van der Waals surface area contributed by atoms with E-state index in [2.05, 4.69) is 31.1 Å². The van der Waals surface area contributed by atoms with E-state index in [4.69, 9.17) is 0 Å².